The minimum atomic E-state index is -1.62. The van der Waals surface area contributed by atoms with Crippen molar-refractivity contribution in [2.75, 3.05) is 0 Å². The van der Waals surface area contributed by atoms with Crippen LogP contribution in [-0.2, 0) is 21.7 Å². The molecule has 1 aliphatic rings. The van der Waals surface area contributed by atoms with E-state index in [4.69, 9.17) is 0 Å². The molecule has 5 heteroatoms. The molecule has 1 aromatic rings. The Morgan fingerprint density at radius 2 is 1.60 bits per heavy atom. The van der Waals surface area contributed by atoms with Gasteiger partial charge in [0.25, 0.3) is 0 Å². The molecule has 0 fully saturated rings. The van der Waals surface area contributed by atoms with Gasteiger partial charge in [-0.2, -0.15) is 11.3 Å². The van der Waals surface area contributed by atoms with Crippen LogP contribution < -0.4 is 42.4 Å². The summed E-state index contributed by atoms with van der Waals surface area (Å²) in [6.45, 7) is 11.8. The molecule has 1 aliphatic carbocycles. The molecule has 0 heterocycles. The normalized spacial score (nSPS) is 15.2. The molecular weight excluding hydrogens is 423 g/mol. The van der Waals surface area contributed by atoms with Gasteiger partial charge in [0, 0.05) is 8.07 Å². The second-order valence-corrected chi connectivity index (χ2v) is 11.7. The Hall–Kier alpha value is 0.501. The van der Waals surface area contributed by atoms with E-state index in [1.807, 2.05) is 0 Å². The minimum absolute atomic E-state index is 0. The maximum Gasteiger partial charge on any atom is 4.00 e. The number of allylic oxidation sites excluding steroid dienone is 4. The number of hydrogen-bond donors (Lipinski definition) is 0. The standard InChI is InChI=1S/C20H29Si.3ClH.Ti/c1-6-7-16-21(5,17-12-9-8-10-13-17)19-15-11-14-18(19)20(2,3)4;;;;/h8-10,12-13,15H,6-7,11,16H2,1-5H3;3*1H;/q-1;;;;+4/p-3. The SMILES string of the molecule is CCCC[Si](C)(C1=CC[C-]=C1C(C)(C)C)c1ccccc1.[Cl-].[Cl-].[Cl-].[Ti+4]. The van der Waals surface area contributed by atoms with Crippen molar-refractivity contribution in [3.8, 4) is 0 Å². The summed E-state index contributed by atoms with van der Waals surface area (Å²) in [5.41, 5.74) is 1.69. The Morgan fingerprint density at radius 1 is 1.04 bits per heavy atom. The van der Waals surface area contributed by atoms with Crippen molar-refractivity contribution in [3.63, 3.8) is 0 Å². The average molecular weight is 452 g/mol. The van der Waals surface area contributed by atoms with Gasteiger partial charge in [0.05, 0.1) is 0 Å². The van der Waals surface area contributed by atoms with Crippen LogP contribution in [0.25, 0.3) is 0 Å². The summed E-state index contributed by atoms with van der Waals surface area (Å²) >= 11 is 0. The second-order valence-electron chi connectivity index (χ2n) is 7.43. The van der Waals surface area contributed by atoms with Crippen LogP contribution in [-0.4, -0.2) is 8.07 Å². The van der Waals surface area contributed by atoms with Crippen molar-refractivity contribution in [2.45, 2.75) is 59.5 Å². The average Bonchev–Trinajstić information content (AvgIpc) is 2.96. The molecule has 1 atom stereocenters. The monoisotopic (exact) mass is 450 g/mol. The fraction of sp³-hybridized carbons (Fsp3) is 0.500. The van der Waals surface area contributed by atoms with Crippen molar-refractivity contribution in [1.29, 1.82) is 0 Å². The van der Waals surface area contributed by atoms with Gasteiger partial charge in [0.15, 0.2) is 0 Å². The van der Waals surface area contributed by atoms with Gasteiger partial charge in [-0.1, -0.05) is 88.6 Å². The van der Waals surface area contributed by atoms with Crippen LogP contribution >= 0.6 is 0 Å². The van der Waals surface area contributed by atoms with Gasteiger partial charge >= 0.3 is 21.7 Å². The Kier molecular flexibility index (Phi) is 15.5. The minimum Gasteiger partial charge on any atom is -1.00 e. The molecular formula is C20H29Cl3SiTi. The predicted molar refractivity (Wildman–Crippen MR) is 96.3 cm³/mol. The Morgan fingerprint density at radius 3 is 2.08 bits per heavy atom. The summed E-state index contributed by atoms with van der Waals surface area (Å²) in [7, 11) is -1.62. The van der Waals surface area contributed by atoms with Crippen LogP contribution in [0.3, 0.4) is 0 Å². The molecule has 0 radical (unpaired) electrons. The summed E-state index contributed by atoms with van der Waals surface area (Å²) in [6.07, 6.45) is 9.73. The quantitative estimate of drug-likeness (QED) is 0.321. The third-order valence-electron chi connectivity index (χ3n) is 4.64. The molecule has 0 aliphatic heterocycles. The summed E-state index contributed by atoms with van der Waals surface area (Å²) in [5, 5.41) is 3.23. The summed E-state index contributed by atoms with van der Waals surface area (Å²) in [4.78, 5) is 0. The molecule has 25 heavy (non-hydrogen) atoms. The fourth-order valence-corrected chi connectivity index (χ4v) is 7.82. The first-order valence-electron chi connectivity index (χ1n) is 8.27. The molecule has 0 aromatic heterocycles. The van der Waals surface area contributed by atoms with Crippen LogP contribution in [0.4, 0.5) is 0 Å². The molecule has 0 N–H and O–H groups in total. The molecule has 0 spiro atoms. The van der Waals surface area contributed by atoms with E-state index >= 15 is 0 Å². The third kappa shape index (κ3) is 7.20. The molecule has 138 valence electrons. The number of benzene rings is 1. The molecule has 1 unspecified atom stereocenters. The van der Waals surface area contributed by atoms with Gasteiger partial charge in [-0.05, 0) is 5.41 Å². The maximum atomic E-state index is 3.66. The smallest absolute Gasteiger partial charge is 1.00 e. The van der Waals surface area contributed by atoms with E-state index in [0.29, 0.717) is 0 Å². The fourth-order valence-electron chi connectivity index (χ4n) is 3.39. The van der Waals surface area contributed by atoms with Crippen LogP contribution in [0.1, 0.15) is 47.0 Å². The van der Waals surface area contributed by atoms with Crippen LogP contribution in [0.2, 0.25) is 12.6 Å². The van der Waals surface area contributed by atoms with Gasteiger partial charge in [-0.25, -0.2) is 5.57 Å². The van der Waals surface area contributed by atoms with E-state index in [0.717, 1.165) is 6.42 Å². The van der Waals surface area contributed by atoms with Gasteiger partial charge in [0.2, 0.25) is 0 Å². The molecule has 0 saturated carbocycles. The third-order valence-corrected chi connectivity index (χ3v) is 9.24. The van der Waals surface area contributed by atoms with Crippen molar-refractivity contribution in [2.24, 2.45) is 5.41 Å². The number of unbranched alkanes of at least 4 members (excludes halogenated alkanes) is 1. The van der Waals surface area contributed by atoms with Crippen molar-refractivity contribution >= 4 is 13.3 Å². The summed E-state index contributed by atoms with van der Waals surface area (Å²) in [6, 6.07) is 12.6. The zero-order valence-electron chi connectivity index (χ0n) is 15.9. The molecule has 0 bridgehead atoms. The Bertz CT molecular complexity index is 550. The van der Waals surface area contributed by atoms with Gasteiger partial charge in [-0.15, -0.1) is 6.42 Å². The Labute approximate surface area is 189 Å². The second kappa shape index (κ2) is 12.8. The van der Waals surface area contributed by atoms with Gasteiger partial charge in [0.1, 0.15) is 0 Å². The molecule has 1 aromatic carbocycles. The van der Waals surface area contributed by atoms with E-state index in [-0.39, 0.29) is 64.4 Å². The first-order chi connectivity index (χ1) is 9.89. The molecule has 2 rings (SSSR count). The van der Waals surface area contributed by atoms with E-state index < -0.39 is 8.07 Å². The zero-order chi connectivity index (χ0) is 15.5. The largest absolute Gasteiger partial charge is 4.00 e. The van der Waals surface area contributed by atoms with Crippen molar-refractivity contribution < 1.29 is 58.9 Å². The van der Waals surface area contributed by atoms with Gasteiger partial charge < -0.3 is 37.2 Å². The van der Waals surface area contributed by atoms with E-state index in [9.17, 15) is 0 Å². The number of hydrogen-bond acceptors (Lipinski definition) is 0. The number of rotatable bonds is 5. The van der Waals surface area contributed by atoms with Crippen molar-refractivity contribution in [3.05, 3.63) is 53.3 Å². The van der Waals surface area contributed by atoms with Gasteiger partial charge in [-0.3, -0.25) is 6.08 Å². The first kappa shape index (κ1) is 30.2. The predicted octanol–water partition coefficient (Wildman–Crippen LogP) is -3.57. The van der Waals surface area contributed by atoms with Crippen LogP contribution in [0.15, 0.2) is 47.2 Å². The van der Waals surface area contributed by atoms with Crippen LogP contribution in [0.5, 0.6) is 0 Å². The van der Waals surface area contributed by atoms with Crippen molar-refractivity contribution in [1.82, 2.24) is 0 Å². The van der Waals surface area contributed by atoms with E-state index in [1.165, 1.54) is 24.5 Å². The maximum absolute atomic E-state index is 3.66. The van der Waals surface area contributed by atoms with E-state index in [2.05, 4.69) is 76.7 Å². The Balaban J connectivity index is -0.00000121. The van der Waals surface area contributed by atoms with E-state index in [1.54, 1.807) is 10.4 Å². The molecule has 0 saturated heterocycles. The topological polar surface area (TPSA) is 0 Å². The molecule has 0 nitrogen and oxygen atoms in total. The summed E-state index contributed by atoms with van der Waals surface area (Å²) in [5.74, 6) is 0. The zero-order valence-corrected chi connectivity index (χ0v) is 20.8. The summed E-state index contributed by atoms with van der Waals surface area (Å²) < 4.78 is 0. The van der Waals surface area contributed by atoms with Crippen LogP contribution in [0, 0.1) is 11.5 Å². The first-order valence-corrected chi connectivity index (χ1v) is 11.0. The molecule has 0 amide bonds. The number of halogens is 3.